The summed E-state index contributed by atoms with van der Waals surface area (Å²) in [5, 5.41) is 3.62. The maximum absolute atomic E-state index is 12.9. The second kappa shape index (κ2) is 11.0. The minimum Gasteiger partial charge on any atom is -0.356 e. The number of piperidine rings is 1. The summed E-state index contributed by atoms with van der Waals surface area (Å²) >= 11 is 0. The van der Waals surface area contributed by atoms with Crippen LogP contribution in [0.4, 0.5) is 11.8 Å². The molecule has 5 rings (SSSR count). The Balaban J connectivity index is 1.12. The van der Waals surface area contributed by atoms with Crippen LogP contribution in [-0.2, 0) is 4.79 Å². The lowest BCUT2D eigenvalue weighted by Crippen LogP contribution is -2.49. The molecule has 3 saturated heterocycles. The molecule has 1 aliphatic carbocycles. The van der Waals surface area contributed by atoms with Crippen LogP contribution < -0.4 is 10.2 Å². The molecule has 182 valence electrons. The average Bonchev–Trinajstić information content (AvgIpc) is 3.45. The van der Waals surface area contributed by atoms with E-state index in [1.54, 1.807) is 0 Å². The maximum Gasteiger partial charge on any atom is 0.224 e. The first-order chi connectivity index (χ1) is 16.2. The minimum atomic E-state index is 0.383. The van der Waals surface area contributed by atoms with Gasteiger partial charge in [0.05, 0.1) is 0 Å². The van der Waals surface area contributed by atoms with Crippen molar-refractivity contribution in [2.24, 2.45) is 5.92 Å². The van der Waals surface area contributed by atoms with E-state index >= 15 is 0 Å². The molecule has 1 amide bonds. The Hall–Kier alpha value is -1.89. The third-order valence-electron chi connectivity index (χ3n) is 8.33. The summed E-state index contributed by atoms with van der Waals surface area (Å²) in [6.45, 7) is 6.19. The van der Waals surface area contributed by atoms with E-state index in [2.05, 4.69) is 31.1 Å². The van der Waals surface area contributed by atoms with Crippen LogP contribution >= 0.6 is 0 Å². The number of carbonyl (C=O) groups is 1. The normalized spacial score (nSPS) is 27.6. The number of amides is 1. The van der Waals surface area contributed by atoms with Crippen LogP contribution in [0.3, 0.4) is 0 Å². The standard InChI is InChI=1S/C26H42N6O/c33-25(18-21-8-3-4-9-21)32-16-7-10-23(20-32)31-17-12-22(19-31)28-26-27-13-11-24(29-26)30-14-5-1-2-6-15-30/h11,13,21-23H,1-10,12,14-20H2,(H,27,28,29). The van der Waals surface area contributed by atoms with Gasteiger partial charge in [-0.2, -0.15) is 4.98 Å². The molecule has 0 aromatic carbocycles. The van der Waals surface area contributed by atoms with Gasteiger partial charge >= 0.3 is 0 Å². The fourth-order valence-electron chi connectivity index (χ4n) is 6.38. The number of nitrogens with one attached hydrogen (secondary N) is 1. The topological polar surface area (TPSA) is 64.6 Å². The van der Waals surface area contributed by atoms with E-state index in [1.165, 1.54) is 57.8 Å². The van der Waals surface area contributed by atoms with E-state index in [1.807, 2.05) is 6.20 Å². The van der Waals surface area contributed by atoms with Crippen LogP contribution in [-0.4, -0.2) is 77.0 Å². The van der Waals surface area contributed by atoms with Crippen molar-refractivity contribution in [1.29, 1.82) is 0 Å². The number of nitrogens with zero attached hydrogens (tertiary/aromatic N) is 5. The van der Waals surface area contributed by atoms with Crippen LogP contribution in [0.1, 0.15) is 77.0 Å². The number of carbonyl (C=O) groups excluding carboxylic acids is 1. The lowest BCUT2D eigenvalue weighted by atomic mass is 10.00. The van der Waals surface area contributed by atoms with Crippen molar-refractivity contribution < 1.29 is 4.79 Å². The summed E-state index contributed by atoms with van der Waals surface area (Å²) in [7, 11) is 0. The Kier molecular flexibility index (Phi) is 7.64. The number of hydrogen-bond acceptors (Lipinski definition) is 6. The molecule has 0 spiro atoms. The third kappa shape index (κ3) is 5.97. The van der Waals surface area contributed by atoms with Gasteiger partial charge in [-0.1, -0.05) is 25.7 Å². The zero-order chi connectivity index (χ0) is 22.5. The van der Waals surface area contributed by atoms with E-state index in [0.717, 1.165) is 70.3 Å². The molecule has 7 heteroatoms. The van der Waals surface area contributed by atoms with Gasteiger partial charge in [-0.15, -0.1) is 0 Å². The van der Waals surface area contributed by atoms with Gasteiger partial charge in [-0.25, -0.2) is 4.98 Å². The van der Waals surface area contributed by atoms with E-state index in [0.29, 0.717) is 23.9 Å². The monoisotopic (exact) mass is 454 g/mol. The number of likely N-dealkylation sites (tertiary alicyclic amines) is 2. The largest absolute Gasteiger partial charge is 0.356 e. The quantitative estimate of drug-likeness (QED) is 0.703. The van der Waals surface area contributed by atoms with Crippen molar-refractivity contribution in [3.05, 3.63) is 12.3 Å². The molecular weight excluding hydrogens is 412 g/mol. The summed E-state index contributed by atoms with van der Waals surface area (Å²) in [4.78, 5) is 29.4. The molecule has 4 heterocycles. The maximum atomic E-state index is 12.9. The zero-order valence-corrected chi connectivity index (χ0v) is 20.3. The summed E-state index contributed by atoms with van der Waals surface area (Å²) < 4.78 is 0. The zero-order valence-electron chi connectivity index (χ0n) is 20.3. The Morgan fingerprint density at radius 1 is 0.909 bits per heavy atom. The SMILES string of the molecule is O=C(CC1CCCC1)N1CCCC(N2CCC(Nc3nccc(N4CCCCCC4)n3)C2)C1. The minimum absolute atomic E-state index is 0.383. The van der Waals surface area contributed by atoms with Crippen LogP contribution in [0.5, 0.6) is 0 Å². The van der Waals surface area contributed by atoms with Gasteiger partial charge in [0, 0.05) is 64.0 Å². The van der Waals surface area contributed by atoms with E-state index < -0.39 is 0 Å². The molecule has 1 aromatic rings. The summed E-state index contributed by atoms with van der Waals surface area (Å²) in [5.41, 5.74) is 0. The average molecular weight is 455 g/mol. The lowest BCUT2D eigenvalue weighted by Gasteiger charge is -2.38. The highest BCUT2D eigenvalue weighted by atomic mass is 16.2. The highest BCUT2D eigenvalue weighted by molar-refractivity contribution is 5.76. The van der Waals surface area contributed by atoms with Gasteiger partial charge < -0.3 is 15.1 Å². The molecule has 0 radical (unpaired) electrons. The molecule has 4 fully saturated rings. The molecule has 2 unspecified atom stereocenters. The number of hydrogen-bond donors (Lipinski definition) is 1. The van der Waals surface area contributed by atoms with Crippen molar-refractivity contribution in [2.75, 3.05) is 49.5 Å². The summed E-state index contributed by atoms with van der Waals surface area (Å²) in [5.74, 6) is 2.87. The number of anilines is 2. The molecule has 0 bridgehead atoms. The molecule has 7 nitrogen and oxygen atoms in total. The Morgan fingerprint density at radius 3 is 2.55 bits per heavy atom. The molecule has 1 saturated carbocycles. The second-order valence-corrected chi connectivity index (χ2v) is 10.8. The first-order valence-corrected chi connectivity index (χ1v) is 13.6. The first kappa shape index (κ1) is 22.9. The Bertz CT molecular complexity index is 774. The van der Waals surface area contributed by atoms with Crippen molar-refractivity contribution >= 4 is 17.7 Å². The van der Waals surface area contributed by atoms with Crippen molar-refractivity contribution in [1.82, 2.24) is 19.8 Å². The van der Waals surface area contributed by atoms with Gasteiger partial charge in [0.1, 0.15) is 5.82 Å². The lowest BCUT2D eigenvalue weighted by molar-refractivity contribution is -0.134. The number of rotatable bonds is 6. The smallest absolute Gasteiger partial charge is 0.224 e. The predicted molar refractivity (Wildman–Crippen MR) is 132 cm³/mol. The summed E-state index contributed by atoms with van der Waals surface area (Å²) in [6, 6.07) is 2.94. The first-order valence-electron chi connectivity index (χ1n) is 13.6. The van der Waals surface area contributed by atoms with Gasteiger partial charge in [-0.3, -0.25) is 9.69 Å². The van der Waals surface area contributed by atoms with Gasteiger partial charge in [0.25, 0.3) is 0 Å². The summed E-state index contributed by atoms with van der Waals surface area (Å²) in [6.07, 6.45) is 16.4. The fourth-order valence-corrected chi connectivity index (χ4v) is 6.38. The van der Waals surface area contributed by atoms with Gasteiger partial charge in [0.15, 0.2) is 0 Å². The van der Waals surface area contributed by atoms with E-state index in [4.69, 9.17) is 4.98 Å². The van der Waals surface area contributed by atoms with Gasteiger partial charge in [-0.05, 0) is 56.9 Å². The highest BCUT2D eigenvalue weighted by Crippen LogP contribution is 2.29. The molecule has 33 heavy (non-hydrogen) atoms. The predicted octanol–water partition coefficient (Wildman–Crippen LogP) is 3.91. The van der Waals surface area contributed by atoms with Crippen LogP contribution in [0.2, 0.25) is 0 Å². The molecule has 4 aliphatic rings. The second-order valence-electron chi connectivity index (χ2n) is 10.8. The Morgan fingerprint density at radius 2 is 1.73 bits per heavy atom. The van der Waals surface area contributed by atoms with E-state index in [9.17, 15) is 4.79 Å². The van der Waals surface area contributed by atoms with Crippen molar-refractivity contribution in [3.8, 4) is 0 Å². The molecule has 1 N–H and O–H groups in total. The van der Waals surface area contributed by atoms with Crippen LogP contribution in [0, 0.1) is 5.92 Å². The van der Waals surface area contributed by atoms with E-state index in [-0.39, 0.29) is 0 Å². The van der Waals surface area contributed by atoms with Crippen molar-refractivity contribution in [2.45, 2.75) is 89.1 Å². The van der Waals surface area contributed by atoms with Gasteiger partial charge in [0.2, 0.25) is 11.9 Å². The molecule has 1 aromatic heterocycles. The number of aromatic nitrogens is 2. The van der Waals surface area contributed by atoms with Crippen LogP contribution in [0.15, 0.2) is 12.3 Å². The molecular formula is C26H42N6O. The molecule has 2 atom stereocenters. The third-order valence-corrected chi connectivity index (χ3v) is 8.33. The Labute approximate surface area is 199 Å². The van der Waals surface area contributed by atoms with Crippen LogP contribution in [0.25, 0.3) is 0 Å². The molecule has 3 aliphatic heterocycles. The fraction of sp³-hybridized carbons (Fsp3) is 0.808. The highest BCUT2D eigenvalue weighted by Gasteiger charge is 2.33. The van der Waals surface area contributed by atoms with Crippen molar-refractivity contribution in [3.63, 3.8) is 0 Å².